The molecule has 1 rings (SSSR count). The van der Waals surface area contributed by atoms with Crippen LogP contribution in [0.4, 0.5) is 5.69 Å². The van der Waals surface area contributed by atoms with Gasteiger partial charge < -0.3 is 10.2 Å². The van der Waals surface area contributed by atoms with Crippen LogP contribution < -0.4 is 5.32 Å². The minimum atomic E-state index is 0.622. The zero-order valence-electron chi connectivity index (χ0n) is 10.7. The minimum Gasteiger partial charge on any atom is -0.384 e. The number of halogens is 1. The summed E-state index contributed by atoms with van der Waals surface area (Å²) in [4.78, 5) is 2.37. The summed E-state index contributed by atoms with van der Waals surface area (Å²) < 4.78 is 0. The van der Waals surface area contributed by atoms with Crippen LogP contribution in [-0.4, -0.2) is 43.1 Å². The molecule has 2 nitrogen and oxygen atoms in total. The summed E-state index contributed by atoms with van der Waals surface area (Å²) >= 11 is 7.73. The minimum absolute atomic E-state index is 0.622. The third kappa shape index (κ3) is 5.66. The van der Waals surface area contributed by atoms with Gasteiger partial charge in [-0.25, -0.2) is 0 Å². The summed E-state index contributed by atoms with van der Waals surface area (Å²) in [5, 5.41) is 4.17. The highest BCUT2D eigenvalue weighted by atomic mass is 35.5. The topological polar surface area (TPSA) is 15.3 Å². The second-order valence-electron chi connectivity index (χ2n) is 4.22. The van der Waals surface area contributed by atoms with E-state index in [0.717, 1.165) is 23.8 Å². The van der Waals surface area contributed by atoms with Crippen molar-refractivity contribution in [2.45, 2.75) is 13.0 Å². The van der Waals surface area contributed by atoms with Crippen LogP contribution in [0.25, 0.3) is 0 Å². The molecule has 0 aliphatic carbocycles. The molecule has 0 aliphatic rings. The van der Waals surface area contributed by atoms with Gasteiger partial charge in [0.15, 0.2) is 0 Å². The van der Waals surface area contributed by atoms with E-state index in [1.165, 1.54) is 5.75 Å². The van der Waals surface area contributed by atoms with E-state index >= 15 is 0 Å². The maximum absolute atomic E-state index is 5.83. The van der Waals surface area contributed by atoms with E-state index in [0.29, 0.717) is 6.04 Å². The van der Waals surface area contributed by atoms with Gasteiger partial charge in [-0.05, 0) is 44.5 Å². The third-order valence-corrected chi connectivity index (χ3v) is 3.87. The Bertz CT molecular complexity index is 316. The lowest BCUT2D eigenvalue weighted by atomic mass is 10.3. The van der Waals surface area contributed by atoms with Gasteiger partial charge in [0.25, 0.3) is 0 Å². The molecule has 1 aromatic carbocycles. The van der Waals surface area contributed by atoms with E-state index in [9.17, 15) is 0 Å². The maximum Gasteiger partial charge on any atom is 0.0407 e. The molecular weight excluding hydrogens is 252 g/mol. The van der Waals surface area contributed by atoms with Crippen molar-refractivity contribution in [2.24, 2.45) is 0 Å². The summed E-state index contributed by atoms with van der Waals surface area (Å²) in [7, 11) is 2.17. The first-order valence-corrected chi connectivity index (χ1v) is 7.59. The van der Waals surface area contributed by atoms with Gasteiger partial charge in [0.05, 0.1) is 0 Å². The Balaban J connectivity index is 2.25. The molecule has 1 atom stereocenters. The smallest absolute Gasteiger partial charge is 0.0407 e. The molecule has 0 aliphatic heterocycles. The number of hydrogen-bond donors (Lipinski definition) is 1. The Morgan fingerprint density at radius 2 is 2.00 bits per heavy atom. The van der Waals surface area contributed by atoms with Crippen LogP contribution in [0.2, 0.25) is 5.02 Å². The SMILES string of the molecule is CSCC(C)N(C)CCNc1ccc(Cl)cc1. The van der Waals surface area contributed by atoms with Gasteiger partial charge in [0.1, 0.15) is 0 Å². The molecule has 1 aromatic rings. The highest BCUT2D eigenvalue weighted by molar-refractivity contribution is 7.98. The van der Waals surface area contributed by atoms with Gasteiger partial charge in [0, 0.05) is 35.6 Å². The van der Waals surface area contributed by atoms with Crippen LogP contribution in [0.1, 0.15) is 6.92 Å². The van der Waals surface area contributed by atoms with Crippen LogP contribution in [0.15, 0.2) is 24.3 Å². The second kappa shape index (κ2) is 7.85. The summed E-state index contributed by atoms with van der Waals surface area (Å²) in [6.45, 7) is 4.26. The van der Waals surface area contributed by atoms with Crippen LogP contribution in [0.3, 0.4) is 0 Å². The highest BCUT2D eigenvalue weighted by Gasteiger charge is 2.07. The molecule has 0 heterocycles. The molecule has 4 heteroatoms. The average molecular weight is 273 g/mol. The molecule has 0 fully saturated rings. The van der Waals surface area contributed by atoms with Gasteiger partial charge in [-0.3, -0.25) is 0 Å². The van der Waals surface area contributed by atoms with Crippen molar-refractivity contribution in [3.8, 4) is 0 Å². The molecule has 1 unspecified atom stereocenters. The monoisotopic (exact) mass is 272 g/mol. The van der Waals surface area contributed by atoms with E-state index < -0.39 is 0 Å². The Kier molecular flexibility index (Phi) is 6.78. The van der Waals surface area contributed by atoms with Crippen molar-refractivity contribution in [3.63, 3.8) is 0 Å². The van der Waals surface area contributed by atoms with Crippen molar-refractivity contribution in [3.05, 3.63) is 29.3 Å². The zero-order chi connectivity index (χ0) is 12.7. The van der Waals surface area contributed by atoms with Gasteiger partial charge in [-0.15, -0.1) is 0 Å². The summed E-state index contributed by atoms with van der Waals surface area (Å²) in [6, 6.07) is 8.45. The fraction of sp³-hybridized carbons (Fsp3) is 0.538. The van der Waals surface area contributed by atoms with E-state index in [2.05, 4.69) is 30.4 Å². The molecule has 17 heavy (non-hydrogen) atoms. The van der Waals surface area contributed by atoms with E-state index in [1.807, 2.05) is 36.0 Å². The van der Waals surface area contributed by atoms with Gasteiger partial charge in [-0.1, -0.05) is 11.6 Å². The first kappa shape index (κ1) is 14.7. The maximum atomic E-state index is 5.83. The molecule has 0 radical (unpaired) electrons. The number of benzene rings is 1. The van der Waals surface area contributed by atoms with Crippen LogP contribution >= 0.6 is 23.4 Å². The molecule has 96 valence electrons. The number of nitrogens with one attached hydrogen (secondary N) is 1. The van der Waals surface area contributed by atoms with E-state index in [4.69, 9.17) is 11.6 Å². The summed E-state index contributed by atoms with van der Waals surface area (Å²) in [5.41, 5.74) is 1.13. The molecule has 0 spiro atoms. The lowest BCUT2D eigenvalue weighted by Gasteiger charge is -2.24. The predicted molar refractivity (Wildman–Crippen MR) is 80.4 cm³/mol. The van der Waals surface area contributed by atoms with E-state index in [1.54, 1.807) is 0 Å². The number of hydrogen-bond acceptors (Lipinski definition) is 3. The van der Waals surface area contributed by atoms with Crippen molar-refractivity contribution in [1.82, 2.24) is 4.90 Å². The fourth-order valence-corrected chi connectivity index (χ4v) is 2.40. The first-order chi connectivity index (χ1) is 8.13. The molecule has 1 N–H and O–H groups in total. The number of thioether (sulfide) groups is 1. The quantitative estimate of drug-likeness (QED) is 0.819. The Morgan fingerprint density at radius 1 is 1.35 bits per heavy atom. The fourth-order valence-electron chi connectivity index (χ4n) is 1.53. The van der Waals surface area contributed by atoms with Gasteiger partial charge >= 0.3 is 0 Å². The van der Waals surface area contributed by atoms with Crippen molar-refractivity contribution in [1.29, 1.82) is 0 Å². The van der Waals surface area contributed by atoms with Crippen LogP contribution in [0, 0.1) is 0 Å². The Labute approximate surface area is 114 Å². The predicted octanol–water partition coefficient (Wildman–Crippen LogP) is 3.44. The van der Waals surface area contributed by atoms with E-state index in [-0.39, 0.29) is 0 Å². The Hall–Kier alpha value is -0.380. The molecule has 0 amide bonds. The zero-order valence-corrected chi connectivity index (χ0v) is 12.3. The van der Waals surface area contributed by atoms with Crippen molar-refractivity contribution in [2.75, 3.05) is 37.5 Å². The van der Waals surface area contributed by atoms with Crippen LogP contribution in [0.5, 0.6) is 0 Å². The number of rotatable bonds is 7. The van der Waals surface area contributed by atoms with Crippen molar-refractivity contribution < 1.29 is 0 Å². The average Bonchev–Trinajstić information content (AvgIpc) is 2.32. The van der Waals surface area contributed by atoms with Crippen LogP contribution in [-0.2, 0) is 0 Å². The standard InChI is InChI=1S/C13H21ClN2S/c1-11(10-17-3)16(2)9-8-15-13-6-4-12(14)5-7-13/h4-7,11,15H,8-10H2,1-3H3. The molecular formula is C13H21ClN2S. The third-order valence-electron chi connectivity index (χ3n) is 2.80. The number of likely N-dealkylation sites (N-methyl/N-ethyl adjacent to an activating group) is 1. The number of anilines is 1. The molecule has 0 aromatic heterocycles. The molecule has 0 saturated heterocycles. The van der Waals surface area contributed by atoms with Gasteiger partial charge in [0.2, 0.25) is 0 Å². The van der Waals surface area contributed by atoms with Gasteiger partial charge in [-0.2, -0.15) is 11.8 Å². The molecule has 0 saturated carbocycles. The summed E-state index contributed by atoms with van der Waals surface area (Å²) in [5.74, 6) is 1.18. The second-order valence-corrected chi connectivity index (χ2v) is 5.57. The number of nitrogens with zero attached hydrogens (tertiary/aromatic N) is 1. The lowest BCUT2D eigenvalue weighted by molar-refractivity contribution is 0.288. The summed E-state index contributed by atoms with van der Waals surface area (Å²) in [6.07, 6.45) is 2.15. The molecule has 0 bridgehead atoms. The highest BCUT2D eigenvalue weighted by Crippen LogP contribution is 2.13. The van der Waals surface area contributed by atoms with Crippen molar-refractivity contribution >= 4 is 29.1 Å². The largest absolute Gasteiger partial charge is 0.384 e. The first-order valence-electron chi connectivity index (χ1n) is 5.82. The Morgan fingerprint density at radius 3 is 2.59 bits per heavy atom. The normalized spacial score (nSPS) is 12.8. The lowest BCUT2D eigenvalue weighted by Crippen LogP contribution is -2.34.